The van der Waals surface area contributed by atoms with Crippen molar-refractivity contribution < 1.29 is 13.9 Å². The molecular formula is C32H34FN7O2. The van der Waals surface area contributed by atoms with Crippen LogP contribution in [0.2, 0.25) is 0 Å². The van der Waals surface area contributed by atoms with Gasteiger partial charge in [-0.2, -0.15) is 0 Å². The van der Waals surface area contributed by atoms with Gasteiger partial charge in [-0.3, -0.25) is 4.79 Å². The molecule has 4 aromatic rings. The summed E-state index contributed by atoms with van der Waals surface area (Å²) in [6.45, 7) is 7.00. The fourth-order valence-electron chi connectivity index (χ4n) is 6.93. The number of carbonyl (C=O) groups is 1. The van der Waals surface area contributed by atoms with Crippen LogP contribution in [0.5, 0.6) is 11.5 Å². The van der Waals surface area contributed by atoms with Crippen LogP contribution in [0.25, 0.3) is 11.0 Å². The fourth-order valence-corrected chi connectivity index (χ4v) is 6.93. The number of anilines is 3. The molecule has 2 atom stereocenters. The van der Waals surface area contributed by atoms with Gasteiger partial charge < -0.3 is 24.8 Å². The number of aromatic nitrogens is 4. The Hall–Kier alpha value is -4.47. The number of fused-ring (bicyclic) bond motifs is 2. The van der Waals surface area contributed by atoms with Gasteiger partial charge in [0.15, 0.2) is 0 Å². The van der Waals surface area contributed by atoms with Gasteiger partial charge in [-0.05, 0) is 73.3 Å². The topological polar surface area (TPSA) is 99.3 Å². The second kappa shape index (κ2) is 11.1. The molecule has 42 heavy (non-hydrogen) atoms. The van der Waals surface area contributed by atoms with Crippen molar-refractivity contribution in [3.05, 3.63) is 73.1 Å². The first-order chi connectivity index (χ1) is 20.6. The third-order valence-corrected chi connectivity index (χ3v) is 9.12. The molecule has 3 aliphatic rings. The summed E-state index contributed by atoms with van der Waals surface area (Å²) in [6, 6.07) is 8.52. The third-order valence-electron chi connectivity index (χ3n) is 9.12. The lowest BCUT2D eigenvalue weighted by Gasteiger charge is -2.31. The number of ether oxygens (including phenoxy) is 1. The van der Waals surface area contributed by atoms with Crippen molar-refractivity contribution >= 4 is 34.3 Å². The number of nitrogens with one attached hydrogen (secondary N) is 2. The van der Waals surface area contributed by atoms with Crippen LogP contribution in [0.4, 0.5) is 21.7 Å². The number of nitrogens with zero attached hydrogens (tertiary/aromatic N) is 5. The largest absolute Gasteiger partial charge is 0.457 e. The molecular weight excluding hydrogens is 533 g/mol. The van der Waals surface area contributed by atoms with E-state index in [1.807, 2.05) is 17.2 Å². The van der Waals surface area contributed by atoms with Crippen LogP contribution in [-0.4, -0.2) is 56.9 Å². The first-order valence-electron chi connectivity index (χ1n) is 14.7. The predicted molar refractivity (Wildman–Crippen MR) is 160 cm³/mol. The Labute approximate surface area is 243 Å². The van der Waals surface area contributed by atoms with Gasteiger partial charge >= 0.3 is 0 Å². The van der Waals surface area contributed by atoms with Crippen LogP contribution in [0.1, 0.15) is 43.6 Å². The lowest BCUT2D eigenvalue weighted by molar-refractivity contribution is -0.127. The summed E-state index contributed by atoms with van der Waals surface area (Å²) in [5.41, 5.74) is 2.04. The average molecular weight is 568 g/mol. The first kappa shape index (κ1) is 26.4. The first-order valence-corrected chi connectivity index (χ1v) is 14.7. The highest BCUT2D eigenvalue weighted by atomic mass is 19.1. The molecule has 7 rings (SSSR count). The smallest absolute Gasteiger partial charge is 0.245 e. The van der Waals surface area contributed by atoms with Crippen molar-refractivity contribution in [2.45, 2.75) is 38.0 Å². The zero-order valence-corrected chi connectivity index (χ0v) is 23.4. The van der Waals surface area contributed by atoms with E-state index >= 15 is 4.39 Å². The van der Waals surface area contributed by atoms with Crippen LogP contribution < -0.4 is 15.0 Å². The number of benzene rings is 1. The SMILES string of the molecule is C=CC(=O)N1CCC(c2c[nH]c3ncnc(Nc4ccc(Oc5ccnc(N6C[C@H]7CCC[C@H]7C6)c5)cc4F)c23)CC1. The zero-order valence-electron chi connectivity index (χ0n) is 23.4. The van der Waals surface area contributed by atoms with E-state index < -0.39 is 5.82 Å². The third kappa shape index (κ3) is 5.06. The van der Waals surface area contributed by atoms with E-state index in [4.69, 9.17) is 4.74 Å². The Kier molecular flexibility index (Phi) is 6.97. The summed E-state index contributed by atoms with van der Waals surface area (Å²) in [6.07, 6.45) is 12.1. The number of carbonyl (C=O) groups excluding carboxylic acids is 1. The highest BCUT2D eigenvalue weighted by Crippen LogP contribution is 2.40. The van der Waals surface area contributed by atoms with Crippen LogP contribution >= 0.6 is 0 Å². The molecule has 2 N–H and O–H groups in total. The van der Waals surface area contributed by atoms with E-state index in [0.717, 1.165) is 54.5 Å². The summed E-state index contributed by atoms with van der Waals surface area (Å²) in [4.78, 5) is 32.8. The molecule has 10 heteroatoms. The number of aromatic amines is 1. The summed E-state index contributed by atoms with van der Waals surface area (Å²) in [5.74, 6) is 3.75. The number of hydrogen-bond donors (Lipinski definition) is 2. The van der Waals surface area contributed by atoms with Gasteiger partial charge in [0.25, 0.3) is 0 Å². The molecule has 1 saturated carbocycles. The van der Waals surface area contributed by atoms with Gasteiger partial charge in [-0.1, -0.05) is 13.0 Å². The molecule has 3 fully saturated rings. The fraction of sp³-hybridized carbons (Fsp3) is 0.375. The number of pyridine rings is 1. The number of piperidine rings is 1. The number of hydrogen-bond acceptors (Lipinski definition) is 7. The second-order valence-electron chi connectivity index (χ2n) is 11.6. The van der Waals surface area contributed by atoms with E-state index in [-0.39, 0.29) is 11.8 Å². The summed E-state index contributed by atoms with van der Waals surface area (Å²) >= 11 is 0. The van der Waals surface area contributed by atoms with Gasteiger partial charge in [0.2, 0.25) is 5.91 Å². The molecule has 1 aromatic carbocycles. The Morgan fingerprint density at radius 2 is 1.83 bits per heavy atom. The molecule has 2 aliphatic heterocycles. The number of amides is 1. The highest BCUT2D eigenvalue weighted by Gasteiger charge is 2.36. The Balaban J connectivity index is 1.06. The molecule has 0 spiro atoms. The van der Waals surface area contributed by atoms with Crippen molar-refractivity contribution in [3.63, 3.8) is 0 Å². The van der Waals surface area contributed by atoms with Crippen molar-refractivity contribution in [1.82, 2.24) is 24.8 Å². The quantitative estimate of drug-likeness (QED) is 0.258. The van der Waals surface area contributed by atoms with E-state index in [0.29, 0.717) is 41.7 Å². The molecule has 0 radical (unpaired) electrons. The maximum absolute atomic E-state index is 15.4. The van der Waals surface area contributed by atoms with Crippen LogP contribution in [0.3, 0.4) is 0 Å². The molecule has 216 valence electrons. The predicted octanol–water partition coefficient (Wildman–Crippen LogP) is 6.16. The number of likely N-dealkylation sites (tertiary alicyclic amines) is 1. The number of halogens is 1. The van der Waals surface area contributed by atoms with E-state index in [2.05, 4.69) is 36.7 Å². The second-order valence-corrected chi connectivity index (χ2v) is 11.6. The lowest BCUT2D eigenvalue weighted by Crippen LogP contribution is -2.36. The number of H-pyrrole nitrogens is 1. The molecule has 5 heterocycles. The lowest BCUT2D eigenvalue weighted by atomic mass is 9.89. The molecule has 1 amide bonds. The summed E-state index contributed by atoms with van der Waals surface area (Å²) in [7, 11) is 0. The molecule has 0 bridgehead atoms. The van der Waals surface area contributed by atoms with Crippen molar-refractivity contribution in [3.8, 4) is 11.5 Å². The van der Waals surface area contributed by atoms with E-state index in [1.54, 1.807) is 24.4 Å². The van der Waals surface area contributed by atoms with Crippen LogP contribution in [0, 0.1) is 17.7 Å². The maximum atomic E-state index is 15.4. The minimum atomic E-state index is -0.450. The minimum Gasteiger partial charge on any atom is -0.457 e. The van der Waals surface area contributed by atoms with Gasteiger partial charge in [0, 0.05) is 50.7 Å². The average Bonchev–Trinajstić information content (AvgIpc) is 3.74. The van der Waals surface area contributed by atoms with Gasteiger partial charge in [0.05, 0.1) is 11.1 Å². The van der Waals surface area contributed by atoms with Crippen molar-refractivity contribution in [1.29, 1.82) is 0 Å². The van der Waals surface area contributed by atoms with Gasteiger partial charge in [-0.25, -0.2) is 19.3 Å². The summed E-state index contributed by atoms with van der Waals surface area (Å²) in [5, 5.41) is 4.01. The standard InChI is InChI=1S/C32H34FN7O2/c1-2-29(41)39-12-9-20(10-13-39)25-16-35-31-30(25)32(37-19-36-31)38-27-7-6-23(14-26(27)33)42-24-8-11-34-28(15-24)40-17-21-4-3-5-22(21)18-40/h2,6-8,11,14-16,19-22H,1,3-5,9-10,12-13,17-18H2,(H2,35,36,37,38)/t21-,22+. The van der Waals surface area contributed by atoms with Gasteiger partial charge in [0.1, 0.15) is 40.9 Å². The highest BCUT2D eigenvalue weighted by molar-refractivity contribution is 5.92. The number of rotatable bonds is 7. The summed E-state index contributed by atoms with van der Waals surface area (Å²) < 4.78 is 21.4. The van der Waals surface area contributed by atoms with Gasteiger partial charge in [-0.15, -0.1) is 0 Å². The van der Waals surface area contributed by atoms with E-state index in [9.17, 15) is 4.79 Å². The van der Waals surface area contributed by atoms with Crippen molar-refractivity contribution in [2.24, 2.45) is 11.8 Å². The molecule has 9 nitrogen and oxygen atoms in total. The van der Waals surface area contributed by atoms with Crippen LogP contribution in [-0.2, 0) is 4.79 Å². The minimum absolute atomic E-state index is 0.0426. The molecule has 3 aromatic heterocycles. The normalized spacial score (nSPS) is 20.6. The van der Waals surface area contributed by atoms with Crippen molar-refractivity contribution in [2.75, 3.05) is 36.4 Å². The zero-order chi connectivity index (χ0) is 28.6. The maximum Gasteiger partial charge on any atom is 0.245 e. The van der Waals surface area contributed by atoms with E-state index in [1.165, 1.54) is 37.7 Å². The molecule has 2 saturated heterocycles. The monoisotopic (exact) mass is 567 g/mol. The molecule has 0 unspecified atom stereocenters. The van der Waals surface area contributed by atoms with Crippen LogP contribution in [0.15, 0.2) is 61.7 Å². The Morgan fingerprint density at radius 1 is 1.05 bits per heavy atom. The Morgan fingerprint density at radius 3 is 2.60 bits per heavy atom. The molecule has 1 aliphatic carbocycles. The Bertz CT molecular complexity index is 1620.